The van der Waals surface area contributed by atoms with Gasteiger partial charge in [0, 0.05) is 41.5 Å². The second kappa shape index (κ2) is 6.66. The van der Waals surface area contributed by atoms with E-state index in [2.05, 4.69) is 21.4 Å². The standard InChI is InChI=1S/C19H18N3O2/c1-12(2)9-17(23)19(24)22-14-6-3-5-13(10-14)16-11-21-18-15(16)7-4-8-20-18/h3,5-8,10-12H,9H2,1-2H3,(H,20,21)(H,22,24). The molecule has 2 aromatic heterocycles. The van der Waals surface area contributed by atoms with Crippen molar-refractivity contribution in [2.75, 3.05) is 5.32 Å². The summed E-state index contributed by atoms with van der Waals surface area (Å²) in [6, 6.07) is 12.2. The molecule has 3 aromatic rings. The van der Waals surface area contributed by atoms with Crippen molar-refractivity contribution >= 4 is 28.4 Å². The van der Waals surface area contributed by atoms with Crippen LogP contribution in [-0.2, 0) is 9.59 Å². The van der Waals surface area contributed by atoms with Crippen LogP contribution in [0.1, 0.15) is 20.3 Å². The number of hydrogen-bond donors (Lipinski definition) is 2. The number of aromatic amines is 1. The van der Waals surface area contributed by atoms with Gasteiger partial charge in [-0.05, 0) is 29.7 Å². The predicted octanol–water partition coefficient (Wildman–Crippen LogP) is 3.58. The maximum atomic E-state index is 12.0. The van der Waals surface area contributed by atoms with Gasteiger partial charge in [0.15, 0.2) is 0 Å². The topological polar surface area (TPSA) is 74.8 Å². The Labute approximate surface area is 140 Å². The lowest BCUT2D eigenvalue weighted by molar-refractivity contribution is -0.135. The van der Waals surface area contributed by atoms with Crippen molar-refractivity contribution in [3.05, 3.63) is 48.8 Å². The van der Waals surface area contributed by atoms with Crippen LogP contribution in [0.3, 0.4) is 0 Å². The molecule has 0 bridgehead atoms. The minimum absolute atomic E-state index is 0.157. The van der Waals surface area contributed by atoms with E-state index in [1.165, 1.54) is 0 Å². The molecule has 2 N–H and O–H groups in total. The Morgan fingerprint density at radius 2 is 2.17 bits per heavy atom. The van der Waals surface area contributed by atoms with Gasteiger partial charge >= 0.3 is 0 Å². The van der Waals surface area contributed by atoms with Crippen molar-refractivity contribution in [3.8, 4) is 11.1 Å². The third kappa shape index (κ3) is 3.35. The number of ketones is 1. The first-order valence-corrected chi connectivity index (χ1v) is 7.82. The van der Waals surface area contributed by atoms with E-state index in [1.54, 1.807) is 12.3 Å². The van der Waals surface area contributed by atoms with Crippen LogP contribution in [0.5, 0.6) is 0 Å². The third-order valence-corrected chi connectivity index (χ3v) is 3.67. The molecule has 0 aliphatic carbocycles. The molecule has 5 heteroatoms. The second-order valence-corrected chi connectivity index (χ2v) is 6.09. The molecule has 0 saturated carbocycles. The SMILES string of the molecule is CC(C)CC(=O)C(=O)Nc1cccc(-c2c[nH]c3nc[c]cc23)c1. The lowest BCUT2D eigenvalue weighted by atomic mass is 10.0. The van der Waals surface area contributed by atoms with Crippen molar-refractivity contribution < 1.29 is 9.59 Å². The van der Waals surface area contributed by atoms with E-state index in [0.29, 0.717) is 5.69 Å². The highest BCUT2D eigenvalue weighted by Crippen LogP contribution is 2.29. The first-order chi connectivity index (χ1) is 11.5. The first-order valence-electron chi connectivity index (χ1n) is 7.82. The van der Waals surface area contributed by atoms with Gasteiger partial charge in [0.2, 0.25) is 5.78 Å². The molecular formula is C19H18N3O2. The maximum Gasteiger partial charge on any atom is 0.291 e. The van der Waals surface area contributed by atoms with Crippen molar-refractivity contribution in [1.82, 2.24) is 9.97 Å². The average Bonchev–Trinajstić information content (AvgIpc) is 2.98. The van der Waals surface area contributed by atoms with Crippen LogP contribution in [-0.4, -0.2) is 21.7 Å². The zero-order chi connectivity index (χ0) is 17.1. The molecule has 0 atom stereocenters. The highest BCUT2D eigenvalue weighted by atomic mass is 16.2. The van der Waals surface area contributed by atoms with Crippen molar-refractivity contribution in [2.24, 2.45) is 5.92 Å². The molecule has 0 saturated heterocycles. The predicted molar refractivity (Wildman–Crippen MR) is 93.5 cm³/mol. The van der Waals surface area contributed by atoms with Crippen LogP contribution >= 0.6 is 0 Å². The lowest BCUT2D eigenvalue weighted by Gasteiger charge is -2.08. The highest BCUT2D eigenvalue weighted by molar-refractivity contribution is 6.40. The molecule has 3 rings (SSSR count). The number of Topliss-reactive ketones (excluding diaryl/α,β-unsaturated/α-hetero) is 1. The summed E-state index contributed by atoms with van der Waals surface area (Å²) in [7, 11) is 0. The fourth-order valence-corrected chi connectivity index (χ4v) is 2.57. The van der Waals surface area contributed by atoms with Crippen molar-refractivity contribution in [2.45, 2.75) is 20.3 Å². The average molecular weight is 320 g/mol. The number of fused-ring (bicyclic) bond motifs is 1. The van der Waals surface area contributed by atoms with E-state index in [4.69, 9.17) is 0 Å². The number of nitrogens with one attached hydrogen (secondary N) is 2. The third-order valence-electron chi connectivity index (χ3n) is 3.67. The Morgan fingerprint density at radius 3 is 2.96 bits per heavy atom. The second-order valence-electron chi connectivity index (χ2n) is 6.09. The van der Waals surface area contributed by atoms with Gasteiger partial charge in [-0.25, -0.2) is 4.98 Å². The van der Waals surface area contributed by atoms with Gasteiger partial charge in [-0.1, -0.05) is 26.0 Å². The molecule has 2 heterocycles. The molecule has 0 spiro atoms. The number of carbonyl (C=O) groups excluding carboxylic acids is 2. The van der Waals surface area contributed by atoms with Crippen LogP contribution in [0.15, 0.2) is 42.7 Å². The summed E-state index contributed by atoms with van der Waals surface area (Å²) in [5.74, 6) is -0.819. The number of aromatic nitrogens is 2. The summed E-state index contributed by atoms with van der Waals surface area (Å²) in [5, 5.41) is 3.63. The van der Waals surface area contributed by atoms with E-state index in [9.17, 15) is 9.59 Å². The summed E-state index contributed by atoms with van der Waals surface area (Å²) < 4.78 is 0. The number of benzene rings is 1. The fraction of sp³-hybridized carbons (Fsp3) is 0.211. The number of rotatable bonds is 5. The summed E-state index contributed by atoms with van der Waals surface area (Å²) in [6.07, 6.45) is 3.73. The van der Waals surface area contributed by atoms with Gasteiger partial charge in [-0.2, -0.15) is 0 Å². The first kappa shape index (κ1) is 15.9. The molecule has 1 amide bonds. The molecule has 0 unspecified atom stereocenters. The number of amides is 1. The van der Waals surface area contributed by atoms with Crippen molar-refractivity contribution in [1.29, 1.82) is 0 Å². The number of hydrogen-bond acceptors (Lipinski definition) is 3. The number of anilines is 1. The Bertz CT molecular complexity index is 896. The summed E-state index contributed by atoms with van der Waals surface area (Å²) in [5.41, 5.74) is 3.28. The minimum atomic E-state index is -0.574. The van der Waals surface area contributed by atoms with E-state index >= 15 is 0 Å². The number of nitrogens with zero attached hydrogens (tertiary/aromatic N) is 1. The smallest absolute Gasteiger partial charge is 0.291 e. The molecule has 0 fully saturated rings. The lowest BCUT2D eigenvalue weighted by Crippen LogP contribution is -2.23. The van der Waals surface area contributed by atoms with Gasteiger partial charge in [0.25, 0.3) is 5.91 Å². The van der Waals surface area contributed by atoms with Crippen molar-refractivity contribution in [3.63, 3.8) is 0 Å². The molecule has 5 nitrogen and oxygen atoms in total. The monoisotopic (exact) mass is 320 g/mol. The van der Waals surface area contributed by atoms with Gasteiger partial charge in [0.1, 0.15) is 5.65 Å². The van der Waals surface area contributed by atoms with E-state index in [-0.39, 0.29) is 12.3 Å². The Balaban J connectivity index is 1.85. The fourth-order valence-electron chi connectivity index (χ4n) is 2.57. The van der Waals surface area contributed by atoms with Crippen LogP contribution < -0.4 is 5.32 Å². The Hall–Kier alpha value is -2.95. The van der Waals surface area contributed by atoms with E-state index in [1.807, 2.05) is 44.3 Å². The Morgan fingerprint density at radius 1 is 1.33 bits per heavy atom. The summed E-state index contributed by atoms with van der Waals surface area (Å²) in [4.78, 5) is 31.1. The number of carbonyl (C=O) groups is 2. The molecule has 0 aliphatic rings. The molecule has 24 heavy (non-hydrogen) atoms. The van der Waals surface area contributed by atoms with Crippen LogP contribution in [0, 0.1) is 12.0 Å². The van der Waals surface area contributed by atoms with Gasteiger partial charge in [-0.15, -0.1) is 0 Å². The zero-order valence-corrected chi connectivity index (χ0v) is 13.6. The van der Waals surface area contributed by atoms with Crippen LogP contribution in [0.4, 0.5) is 5.69 Å². The highest BCUT2D eigenvalue weighted by Gasteiger charge is 2.15. The minimum Gasteiger partial charge on any atom is -0.346 e. The van der Waals surface area contributed by atoms with E-state index < -0.39 is 11.7 Å². The number of pyridine rings is 1. The quantitative estimate of drug-likeness (QED) is 0.706. The zero-order valence-electron chi connectivity index (χ0n) is 13.6. The maximum absolute atomic E-state index is 12.0. The van der Waals surface area contributed by atoms with Crippen LogP contribution in [0.2, 0.25) is 0 Å². The summed E-state index contributed by atoms with van der Waals surface area (Å²) >= 11 is 0. The molecule has 121 valence electrons. The molecular weight excluding hydrogens is 302 g/mol. The van der Waals surface area contributed by atoms with E-state index in [0.717, 1.165) is 22.2 Å². The normalized spacial score (nSPS) is 11.0. The summed E-state index contributed by atoms with van der Waals surface area (Å²) in [6.45, 7) is 3.82. The van der Waals surface area contributed by atoms with Gasteiger partial charge in [-0.3, -0.25) is 9.59 Å². The molecule has 0 aliphatic heterocycles. The molecule has 1 aromatic carbocycles. The largest absolute Gasteiger partial charge is 0.346 e. The van der Waals surface area contributed by atoms with Crippen LogP contribution in [0.25, 0.3) is 22.2 Å². The van der Waals surface area contributed by atoms with Gasteiger partial charge in [0.05, 0.1) is 0 Å². The number of H-pyrrole nitrogens is 1. The van der Waals surface area contributed by atoms with Gasteiger partial charge < -0.3 is 10.3 Å². The Kier molecular flexibility index (Phi) is 4.42. The molecule has 1 radical (unpaired) electrons.